The average Bonchev–Trinajstić information content (AvgIpc) is 2.25. The number of rotatable bonds is 3. The van der Waals surface area contributed by atoms with Crippen LogP contribution in [0.3, 0.4) is 0 Å². The summed E-state index contributed by atoms with van der Waals surface area (Å²) >= 11 is 0. The topological polar surface area (TPSA) is 29.1 Å². The van der Waals surface area contributed by atoms with Crippen LogP contribution in [0.5, 0.6) is 0 Å². The number of amides is 1. The molecule has 0 heterocycles. The van der Waals surface area contributed by atoms with Gasteiger partial charge in [-0.3, -0.25) is 4.79 Å². The van der Waals surface area contributed by atoms with Crippen LogP contribution in [-0.4, -0.2) is 18.6 Å². The molecule has 1 N–H and O–H groups in total. The zero-order chi connectivity index (χ0) is 13.1. The monoisotopic (exact) mass is 251 g/mol. The lowest BCUT2D eigenvalue weighted by molar-refractivity contribution is -0.184. The summed E-state index contributed by atoms with van der Waals surface area (Å²) in [5.74, 6) is -1.16. The van der Waals surface area contributed by atoms with Crippen LogP contribution in [-0.2, 0) is 4.79 Å². The molecule has 0 unspecified atom stereocenters. The molecule has 0 aromatic rings. The maximum absolute atomic E-state index is 12.4. The molecule has 5 heteroatoms. The average molecular weight is 251 g/mol. The maximum Gasteiger partial charge on any atom is 0.391 e. The van der Waals surface area contributed by atoms with Crippen molar-refractivity contribution in [2.45, 2.75) is 45.7 Å². The van der Waals surface area contributed by atoms with Gasteiger partial charge in [0.1, 0.15) is 0 Å². The van der Waals surface area contributed by atoms with Gasteiger partial charge < -0.3 is 5.32 Å². The molecular weight excluding hydrogens is 231 g/mol. The Kier molecular flexibility index (Phi) is 4.83. The second-order valence-electron chi connectivity index (χ2n) is 5.23. The fourth-order valence-corrected chi connectivity index (χ4v) is 2.13. The van der Waals surface area contributed by atoms with Gasteiger partial charge in [0, 0.05) is 12.5 Å². The summed E-state index contributed by atoms with van der Waals surface area (Å²) in [5.41, 5.74) is 0. The van der Waals surface area contributed by atoms with Crippen molar-refractivity contribution >= 4 is 5.91 Å². The highest BCUT2D eigenvalue weighted by Crippen LogP contribution is 2.39. The van der Waals surface area contributed by atoms with Crippen molar-refractivity contribution in [2.75, 3.05) is 6.54 Å². The van der Waals surface area contributed by atoms with Crippen LogP contribution in [0, 0.1) is 17.8 Å². The van der Waals surface area contributed by atoms with Gasteiger partial charge in [0.25, 0.3) is 0 Å². The van der Waals surface area contributed by atoms with Gasteiger partial charge in [0.15, 0.2) is 0 Å². The summed E-state index contributed by atoms with van der Waals surface area (Å²) in [6.07, 6.45) is -3.21. The van der Waals surface area contributed by atoms with E-state index in [4.69, 9.17) is 0 Å². The van der Waals surface area contributed by atoms with Gasteiger partial charge in [-0.1, -0.05) is 13.8 Å². The van der Waals surface area contributed by atoms with Gasteiger partial charge in [0.2, 0.25) is 5.91 Å². The Labute approximate surface area is 100.0 Å². The van der Waals surface area contributed by atoms with Crippen LogP contribution in [0.1, 0.15) is 39.5 Å². The van der Waals surface area contributed by atoms with E-state index in [0.717, 1.165) is 0 Å². The van der Waals surface area contributed by atoms with Crippen LogP contribution >= 0.6 is 0 Å². The van der Waals surface area contributed by atoms with Gasteiger partial charge in [-0.2, -0.15) is 13.2 Å². The Morgan fingerprint density at radius 1 is 1.24 bits per heavy atom. The van der Waals surface area contributed by atoms with Crippen molar-refractivity contribution in [3.05, 3.63) is 0 Å². The van der Waals surface area contributed by atoms with Gasteiger partial charge in [-0.15, -0.1) is 0 Å². The zero-order valence-electron chi connectivity index (χ0n) is 10.3. The molecule has 1 rings (SSSR count). The maximum atomic E-state index is 12.4. The van der Waals surface area contributed by atoms with Crippen molar-refractivity contribution < 1.29 is 18.0 Å². The largest absolute Gasteiger partial charge is 0.391 e. The molecule has 2 nitrogen and oxygen atoms in total. The van der Waals surface area contributed by atoms with Crippen LogP contribution in [0.4, 0.5) is 13.2 Å². The third-order valence-electron chi connectivity index (χ3n) is 3.25. The minimum atomic E-state index is -4.10. The summed E-state index contributed by atoms with van der Waals surface area (Å²) in [6, 6.07) is 0. The zero-order valence-corrected chi connectivity index (χ0v) is 10.3. The number of hydrogen-bond acceptors (Lipinski definition) is 1. The summed E-state index contributed by atoms with van der Waals surface area (Å²) in [6.45, 7) is 4.57. The van der Waals surface area contributed by atoms with Gasteiger partial charge >= 0.3 is 6.18 Å². The van der Waals surface area contributed by atoms with Crippen molar-refractivity contribution in [2.24, 2.45) is 17.8 Å². The molecule has 0 aliphatic heterocycles. The molecule has 1 amide bonds. The second kappa shape index (κ2) is 5.74. The molecule has 1 fully saturated rings. The Morgan fingerprint density at radius 3 is 2.18 bits per heavy atom. The molecule has 0 aromatic heterocycles. The van der Waals surface area contributed by atoms with Crippen molar-refractivity contribution in [1.29, 1.82) is 0 Å². The Bertz CT molecular complexity index is 255. The highest BCUT2D eigenvalue weighted by molar-refractivity contribution is 5.78. The molecule has 0 aromatic carbocycles. The lowest BCUT2D eigenvalue weighted by Gasteiger charge is -2.29. The number of halogens is 3. The first-order valence-corrected chi connectivity index (χ1v) is 6.15. The molecule has 0 saturated heterocycles. The number of carbonyl (C=O) groups is 1. The normalized spacial score (nSPS) is 26.0. The fourth-order valence-electron chi connectivity index (χ4n) is 2.13. The van der Waals surface area contributed by atoms with E-state index in [0.29, 0.717) is 25.3 Å². The van der Waals surface area contributed by atoms with Crippen molar-refractivity contribution in [3.63, 3.8) is 0 Å². The molecule has 1 aliphatic carbocycles. The third-order valence-corrected chi connectivity index (χ3v) is 3.25. The quantitative estimate of drug-likeness (QED) is 0.820. The predicted molar refractivity (Wildman–Crippen MR) is 59.4 cm³/mol. The Morgan fingerprint density at radius 2 is 1.76 bits per heavy atom. The van der Waals surface area contributed by atoms with Gasteiger partial charge in [-0.05, 0) is 31.6 Å². The number of carbonyl (C=O) groups excluding carboxylic acids is 1. The molecule has 0 atom stereocenters. The summed E-state index contributed by atoms with van der Waals surface area (Å²) < 4.78 is 37.3. The van der Waals surface area contributed by atoms with E-state index in [9.17, 15) is 18.0 Å². The Hall–Kier alpha value is -0.740. The van der Waals surface area contributed by atoms with Gasteiger partial charge in [-0.25, -0.2) is 0 Å². The number of hydrogen-bond donors (Lipinski definition) is 1. The molecule has 1 aliphatic rings. The molecule has 17 heavy (non-hydrogen) atoms. The first kappa shape index (κ1) is 14.3. The SMILES string of the molecule is CC(C)CNC(=O)C1CCC(C(F)(F)F)CC1. The van der Waals surface area contributed by atoms with Gasteiger partial charge in [0.05, 0.1) is 5.92 Å². The van der Waals surface area contributed by atoms with E-state index in [2.05, 4.69) is 5.32 Å². The first-order valence-electron chi connectivity index (χ1n) is 6.15. The van der Waals surface area contributed by atoms with Crippen LogP contribution in [0.25, 0.3) is 0 Å². The minimum Gasteiger partial charge on any atom is -0.356 e. The van der Waals surface area contributed by atoms with Crippen molar-refractivity contribution in [3.8, 4) is 0 Å². The van der Waals surface area contributed by atoms with E-state index >= 15 is 0 Å². The summed E-state index contributed by atoms with van der Waals surface area (Å²) in [5, 5.41) is 2.79. The minimum absolute atomic E-state index is 0.0840. The third kappa shape index (κ3) is 4.56. The van der Waals surface area contributed by atoms with E-state index in [1.165, 1.54) is 0 Å². The number of nitrogens with one attached hydrogen (secondary N) is 1. The summed E-state index contributed by atoms with van der Waals surface area (Å²) in [4.78, 5) is 11.7. The molecule has 100 valence electrons. The van der Waals surface area contributed by atoms with E-state index in [1.807, 2.05) is 13.8 Å². The highest BCUT2D eigenvalue weighted by Gasteiger charge is 2.42. The molecule has 0 spiro atoms. The molecule has 1 saturated carbocycles. The lowest BCUT2D eigenvalue weighted by atomic mass is 9.81. The highest BCUT2D eigenvalue weighted by atomic mass is 19.4. The van der Waals surface area contributed by atoms with Crippen LogP contribution in [0.15, 0.2) is 0 Å². The van der Waals surface area contributed by atoms with Crippen molar-refractivity contribution in [1.82, 2.24) is 5.32 Å². The first-order chi connectivity index (χ1) is 7.80. The predicted octanol–water partition coefficient (Wildman–Crippen LogP) is 3.13. The molecule has 0 radical (unpaired) electrons. The molecular formula is C12H20F3NO. The molecule has 0 bridgehead atoms. The second-order valence-corrected chi connectivity index (χ2v) is 5.23. The lowest BCUT2D eigenvalue weighted by Crippen LogP contribution is -2.37. The Balaban J connectivity index is 2.34. The standard InChI is InChI=1S/C12H20F3NO/c1-8(2)7-16-11(17)9-3-5-10(6-4-9)12(13,14)15/h8-10H,3-7H2,1-2H3,(H,16,17). The summed E-state index contributed by atoms with van der Waals surface area (Å²) in [7, 11) is 0. The smallest absolute Gasteiger partial charge is 0.356 e. The fraction of sp³-hybridized carbons (Fsp3) is 0.917. The van der Waals surface area contributed by atoms with E-state index in [-0.39, 0.29) is 24.7 Å². The van der Waals surface area contributed by atoms with E-state index in [1.54, 1.807) is 0 Å². The van der Waals surface area contributed by atoms with Crippen LogP contribution in [0.2, 0.25) is 0 Å². The van der Waals surface area contributed by atoms with E-state index < -0.39 is 12.1 Å². The number of alkyl halides is 3. The van der Waals surface area contributed by atoms with Crippen LogP contribution < -0.4 is 5.32 Å².